The molecule has 1 rings (SSSR count). The van der Waals surface area contributed by atoms with E-state index in [0.29, 0.717) is 11.3 Å². The van der Waals surface area contributed by atoms with E-state index in [1.807, 2.05) is 0 Å². The van der Waals surface area contributed by atoms with Gasteiger partial charge in [0.15, 0.2) is 5.12 Å². The Hall–Kier alpha value is -1.57. The Morgan fingerprint density at radius 3 is 2.37 bits per heavy atom. The van der Waals surface area contributed by atoms with Crippen LogP contribution in [0, 0.1) is 0 Å². The molecule has 2 unspecified atom stereocenters. The van der Waals surface area contributed by atoms with Crippen molar-refractivity contribution in [1.29, 1.82) is 0 Å². The van der Waals surface area contributed by atoms with Crippen LogP contribution in [0.2, 0.25) is 0 Å². The van der Waals surface area contributed by atoms with E-state index in [2.05, 4.69) is 5.32 Å². The molecule has 0 radical (unpaired) electrons. The first-order valence-electron chi connectivity index (χ1n) is 5.56. The predicted molar refractivity (Wildman–Crippen MR) is 73.8 cm³/mol. The van der Waals surface area contributed by atoms with Gasteiger partial charge in [-0.25, -0.2) is 4.79 Å². The lowest BCUT2D eigenvalue weighted by atomic mass is 10.1. The number of benzene rings is 1. The van der Waals surface area contributed by atoms with E-state index in [1.165, 1.54) is 6.92 Å². The molecule has 0 saturated carbocycles. The van der Waals surface area contributed by atoms with Crippen molar-refractivity contribution < 1.29 is 19.8 Å². The second kappa shape index (κ2) is 7.13. The Bertz CT molecular complexity index is 450. The minimum Gasteiger partial charge on any atom is -0.389 e. The smallest absolute Gasteiger partial charge is 0.316 e. The van der Waals surface area contributed by atoms with Crippen LogP contribution in [0.5, 0.6) is 0 Å². The van der Waals surface area contributed by atoms with Crippen molar-refractivity contribution in [2.45, 2.75) is 19.1 Å². The molecular formula is C12H16N2O4S. The number of carbonyl (C=O) groups is 2. The molecule has 0 fully saturated rings. The van der Waals surface area contributed by atoms with E-state index in [-0.39, 0.29) is 10.9 Å². The van der Waals surface area contributed by atoms with Crippen molar-refractivity contribution in [2.75, 3.05) is 11.1 Å². The van der Waals surface area contributed by atoms with Crippen molar-refractivity contribution in [3.63, 3.8) is 0 Å². The van der Waals surface area contributed by atoms with Gasteiger partial charge in [0.05, 0.1) is 6.10 Å². The second-order valence-electron chi connectivity index (χ2n) is 3.93. The summed E-state index contributed by atoms with van der Waals surface area (Å²) in [5.74, 6) is 0.123. The molecule has 104 valence electrons. The molecule has 7 heteroatoms. The molecule has 1 aromatic rings. The third-order valence-corrected chi connectivity index (χ3v) is 3.26. The summed E-state index contributed by atoms with van der Waals surface area (Å²) in [5, 5.41) is 21.9. The molecule has 6 nitrogen and oxygen atoms in total. The lowest BCUT2D eigenvalue weighted by Crippen LogP contribution is -2.22. The maximum Gasteiger partial charge on any atom is 0.316 e. The Labute approximate surface area is 115 Å². The molecule has 0 aliphatic carbocycles. The average Bonchev–Trinajstić information content (AvgIpc) is 2.35. The van der Waals surface area contributed by atoms with Crippen molar-refractivity contribution in [2.24, 2.45) is 5.73 Å². The molecule has 0 saturated heterocycles. The van der Waals surface area contributed by atoms with Crippen molar-refractivity contribution >= 4 is 28.6 Å². The van der Waals surface area contributed by atoms with Crippen LogP contribution in [0.3, 0.4) is 0 Å². The summed E-state index contributed by atoms with van der Waals surface area (Å²) in [6.45, 7) is 1.40. The second-order valence-corrected chi connectivity index (χ2v) is 5.12. The van der Waals surface area contributed by atoms with Gasteiger partial charge in [-0.2, -0.15) is 0 Å². The number of carbonyl (C=O) groups excluding carboxylic acids is 2. The summed E-state index contributed by atoms with van der Waals surface area (Å²) < 4.78 is 0. The number of rotatable bonds is 5. The monoisotopic (exact) mass is 284 g/mol. The van der Waals surface area contributed by atoms with Crippen molar-refractivity contribution in [1.82, 2.24) is 0 Å². The Morgan fingerprint density at radius 2 is 1.89 bits per heavy atom. The number of hydrogen-bond donors (Lipinski definition) is 4. The number of amides is 2. The fraction of sp³-hybridized carbons (Fsp3) is 0.333. The maximum atomic E-state index is 10.8. The van der Waals surface area contributed by atoms with Gasteiger partial charge in [0.1, 0.15) is 6.10 Å². The zero-order valence-corrected chi connectivity index (χ0v) is 11.2. The number of nitrogens with one attached hydrogen (secondary N) is 1. The molecule has 2 atom stereocenters. The number of thioether (sulfide) groups is 1. The zero-order valence-electron chi connectivity index (χ0n) is 10.4. The van der Waals surface area contributed by atoms with Crippen LogP contribution in [0.15, 0.2) is 24.3 Å². The molecule has 0 aliphatic heterocycles. The van der Waals surface area contributed by atoms with Gasteiger partial charge in [0.2, 0.25) is 0 Å². The van der Waals surface area contributed by atoms with Gasteiger partial charge in [0, 0.05) is 18.4 Å². The average molecular weight is 284 g/mol. The maximum absolute atomic E-state index is 10.8. The minimum atomic E-state index is -1.09. The summed E-state index contributed by atoms with van der Waals surface area (Å²) >= 11 is 0.952. The third kappa shape index (κ3) is 5.29. The molecule has 0 bridgehead atoms. The topological polar surface area (TPSA) is 113 Å². The minimum absolute atomic E-state index is 0.118. The van der Waals surface area contributed by atoms with Crippen LogP contribution in [0.25, 0.3) is 0 Å². The summed E-state index contributed by atoms with van der Waals surface area (Å²) in [6, 6.07) is 5.59. The van der Waals surface area contributed by atoms with Gasteiger partial charge in [-0.3, -0.25) is 4.79 Å². The van der Waals surface area contributed by atoms with Crippen LogP contribution in [-0.4, -0.2) is 33.2 Å². The lowest BCUT2D eigenvalue weighted by Gasteiger charge is -2.17. The van der Waals surface area contributed by atoms with E-state index >= 15 is 0 Å². The van der Waals surface area contributed by atoms with E-state index < -0.39 is 18.2 Å². The summed E-state index contributed by atoms with van der Waals surface area (Å²) in [4.78, 5) is 21.4. The summed E-state index contributed by atoms with van der Waals surface area (Å²) in [7, 11) is 0. The van der Waals surface area contributed by atoms with Gasteiger partial charge in [-0.15, -0.1) is 0 Å². The molecule has 0 aliphatic rings. The number of urea groups is 1. The summed E-state index contributed by atoms with van der Waals surface area (Å²) in [5.41, 5.74) is 5.95. The number of nitrogens with two attached hydrogens (primary N) is 1. The fourth-order valence-corrected chi connectivity index (χ4v) is 2.01. The van der Waals surface area contributed by atoms with E-state index in [0.717, 1.165) is 11.8 Å². The Kier molecular flexibility index (Phi) is 5.81. The molecule has 0 aromatic heterocycles. The molecule has 5 N–H and O–H groups in total. The number of primary amides is 1. The highest BCUT2D eigenvalue weighted by Gasteiger charge is 2.19. The van der Waals surface area contributed by atoms with E-state index in [4.69, 9.17) is 5.73 Å². The van der Waals surface area contributed by atoms with Crippen molar-refractivity contribution in [3.8, 4) is 0 Å². The van der Waals surface area contributed by atoms with E-state index in [9.17, 15) is 19.8 Å². The molecule has 2 amide bonds. The van der Waals surface area contributed by atoms with Crippen LogP contribution >= 0.6 is 11.8 Å². The first kappa shape index (κ1) is 15.5. The lowest BCUT2D eigenvalue weighted by molar-refractivity contribution is -0.109. The first-order valence-corrected chi connectivity index (χ1v) is 6.54. The van der Waals surface area contributed by atoms with Gasteiger partial charge in [-0.05, 0) is 17.7 Å². The van der Waals surface area contributed by atoms with Crippen LogP contribution in [0.1, 0.15) is 18.6 Å². The summed E-state index contributed by atoms with van der Waals surface area (Å²) in [6.07, 6.45) is -2.13. The first-order chi connectivity index (χ1) is 8.90. The predicted octanol–water partition coefficient (Wildman–Crippen LogP) is 0.851. The number of aliphatic hydroxyl groups excluding tert-OH is 2. The standard InChI is InChI=1S/C12H16N2O4S/c1-7(15)19-6-10(16)11(17)8-2-4-9(5-3-8)14-12(13)18/h2-5,10-11,16-17H,6H2,1H3,(H3,13,14,18). The van der Waals surface area contributed by atoms with Gasteiger partial charge < -0.3 is 21.3 Å². The molecule has 19 heavy (non-hydrogen) atoms. The molecular weight excluding hydrogens is 268 g/mol. The van der Waals surface area contributed by atoms with E-state index in [1.54, 1.807) is 24.3 Å². The Morgan fingerprint density at radius 1 is 1.32 bits per heavy atom. The highest BCUT2D eigenvalue weighted by Crippen LogP contribution is 2.21. The third-order valence-electron chi connectivity index (χ3n) is 2.34. The van der Waals surface area contributed by atoms with Crippen molar-refractivity contribution in [3.05, 3.63) is 29.8 Å². The number of hydrogen-bond acceptors (Lipinski definition) is 5. The largest absolute Gasteiger partial charge is 0.389 e. The normalized spacial score (nSPS) is 13.6. The Balaban J connectivity index is 2.63. The fourth-order valence-electron chi connectivity index (χ4n) is 1.42. The quantitative estimate of drug-likeness (QED) is 0.640. The SMILES string of the molecule is CC(=O)SCC(O)C(O)c1ccc(NC(N)=O)cc1. The number of anilines is 1. The van der Waals surface area contributed by atoms with Gasteiger partial charge in [-0.1, -0.05) is 23.9 Å². The van der Waals surface area contributed by atoms with Gasteiger partial charge in [0.25, 0.3) is 0 Å². The molecule has 0 spiro atoms. The number of aliphatic hydroxyl groups is 2. The molecule has 0 heterocycles. The highest BCUT2D eigenvalue weighted by atomic mass is 32.2. The van der Waals surface area contributed by atoms with Crippen LogP contribution in [0.4, 0.5) is 10.5 Å². The van der Waals surface area contributed by atoms with Crippen LogP contribution in [-0.2, 0) is 4.79 Å². The highest BCUT2D eigenvalue weighted by molar-refractivity contribution is 8.13. The van der Waals surface area contributed by atoms with Crippen LogP contribution < -0.4 is 11.1 Å². The zero-order chi connectivity index (χ0) is 14.4. The molecule has 1 aromatic carbocycles. The van der Waals surface area contributed by atoms with Gasteiger partial charge >= 0.3 is 6.03 Å².